The molecule has 1 aliphatic rings. The SMILES string of the molecule is Cc1cccc(OCC(=O)N2CCC(c3ccccc3Cl)S(=O)(=O)CC2)c1. The molecule has 1 saturated heterocycles. The van der Waals surface area contributed by atoms with Gasteiger partial charge in [0.1, 0.15) is 5.75 Å². The van der Waals surface area contributed by atoms with Crippen molar-refractivity contribution in [2.45, 2.75) is 18.6 Å². The normalized spacial score (nSPS) is 19.3. The Hall–Kier alpha value is -2.05. The molecule has 0 spiro atoms. The predicted molar refractivity (Wildman–Crippen MR) is 106 cm³/mol. The minimum absolute atomic E-state index is 0.0843. The summed E-state index contributed by atoms with van der Waals surface area (Å²) in [5.74, 6) is 0.324. The van der Waals surface area contributed by atoms with Gasteiger partial charge in [0.25, 0.3) is 5.91 Å². The van der Waals surface area contributed by atoms with Crippen molar-refractivity contribution in [3.05, 3.63) is 64.7 Å². The molecular formula is C20H22ClNO4S. The zero-order chi connectivity index (χ0) is 19.4. The fraction of sp³-hybridized carbons (Fsp3) is 0.350. The molecule has 27 heavy (non-hydrogen) atoms. The first kappa shape index (κ1) is 19.7. The van der Waals surface area contributed by atoms with Crippen LogP contribution in [-0.2, 0) is 14.6 Å². The number of hydrogen-bond donors (Lipinski definition) is 0. The molecular weight excluding hydrogens is 386 g/mol. The highest BCUT2D eigenvalue weighted by Crippen LogP contribution is 2.33. The largest absolute Gasteiger partial charge is 0.484 e. The molecule has 2 aromatic carbocycles. The van der Waals surface area contributed by atoms with Gasteiger partial charge in [-0.25, -0.2) is 8.42 Å². The lowest BCUT2D eigenvalue weighted by molar-refractivity contribution is -0.133. The summed E-state index contributed by atoms with van der Waals surface area (Å²) >= 11 is 6.20. The van der Waals surface area contributed by atoms with Gasteiger partial charge in [-0.3, -0.25) is 4.79 Å². The van der Waals surface area contributed by atoms with E-state index in [-0.39, 0.29) is 24.8 Å². The topological polar surface area (TPSA) is 63.7 Å². The molecule has 1 aliphatic heterocycles. The molecule has 1 heterocycles. The fourth-order valence-corrected chi connectivity index (χ4v) is 5.37. The Kier molecular flexibility index (Phi) is 6.07. The van der Waals surface area contributed by atoms with Gasteiger partial charge in [-0.05, 0) is 42.7 Å². The van der Waals surface area contributed by atoms with E-state index in [0.29, 0.717) is 29.3 Å². The average molecular weight is 408 g/mol. The van der Waals surface area contributed by atoms with Crippen LogP contribution in [-0.4, -0.2) is 44.7 Å². The van der Waals surface area contributed by atoms with Crippen LogP contribution in [0.3, 0.4) is 0 Å². The number of carbonyl (C=O) groups excluding carboxylic acids is 1. The highest BCUT2D eigenvalue weighted by molar-refractivity contribution is 7.91. The molecule has 2 aromatic rings. The Labute approximate surface area is 164 Å². The Morgan fingerprint density at radius 1 is 1.19 bits per heavy atom. The van der Waals surface area contributed by atoms with E-state index >= 15 is 0 Å². The van der Waals surface area contributed by atoms with Crippen LogP contribution in [0.1, 0.15) is 22.8 Å². The number of benzene rings is 2. The molecule has 5 nitrogen and oxygen atoms in total. The van der Waals surface area contributed by atoms with E-state index in [4.69, 9.17) is 16.3 Å². The second-order valence-corrected chi connectivity index (χ2v) is 9.36. The summed E-state index contributed by atoms with van der Waals surface area (Å²) in [6.45, 7) is 2.36. The molecule has 7 heteroatoms. The zero-order valence-electron chi connectivity index (χ0n) is 15.1. The van der Waals surface area contributed by atoms with Gasteiger partial charge in [0.05, 0.1) is 11.0 Å². The highest BCUT2D eigenvalue weighted by Gasteiger charge is 2.33. The smallest absolute Gasteiger partial charge is 0.260 e. The first-order valence-corrected chi connectivity index (χ1v) is 10.9. The van der Waals surface area contributed by atoms with Crippen LogP contribution >= 0.6 is 11.6 Å². The van der Waals surface area contributed by atoms with E-state index in [1.54, 1.807) is 35.2 Å². The molecule has 3 rings (SSSR count). The van der Waals surface area contributed by atoms with Crippen LogP contribution in [0.5, 0.6) is 5.75 Å². The van der Waals surface area contributed by atoms with Crippen molar-refractivity contribution in [2.75, 3.05) is 25.4 Å². The number of rotatable bonds is 4. The highest BCUT2D eigenvalue weighted by atomic mass is 35.5. The number of hydrogen-bond acceptors (Lipinski definition) is 4. The second-order valence-electron chi connectivity index (χ2n) is 6.65. The lowest BCUT2D eigenvalue weighted by atomic mass is 10.1. The molecule has 0 N–H and O–H groups in total. The number of carbonyl (C=O) groups is 1. The van der Waals surface area contributed by atoms with E-state index in [0.717, 1.165) is 5.56 Å². The minimum Gasteiger partial charge on any atom is -0.484 e. The molecule has 0 saturated carbocycles. The number of aryl methyl sites for hydroxylation is 1. The monoisotopic (exact) mass is 407 g/mol. The number of sulfone groups is 1. The standard InChI is InChI=1S/C20H22ClNO4S/c1-15-5-4-6-16(13-15)26-14-20(23)22-10-9-19(27(24,25)12-11-22)17-7-2-3-8-18(17)21/h2-8,13,19H,9-12,14H2,1H3. The van der Waals surface area contributed by atoms with Gasteiger partial charge < -0.3 is 9.64 Å². The van der Waals surface area contributed by atoms with Crippen molar-refractivity contribution < 1.29 is 17.9 Å². The van der Waals surface area contributed by atoms with Crippen LogP contribution in [0, 0.1) is 6.92 Å². The van der Waals surface area contributed by atoms with E-state index in [2.05, 4.69) is 0 Å². The maximum absolute atomic E-state index is 12.7. The molecule has 0 radical (unpaired) electrons. The summed E-state index contributed by atoms with van der Waals surface area (Å²) in [4.78, 5) is 14.1. The third kappa shape index (κ3) is 4.82. The second kappa shape index (κ2) is 8.31. The summed E-state index contributed by atoms with van der Waals surface area (Å²) < 4.78 is 31.0. The van der Waals surface area contributed by atoms with Gasteiger partial charge in [0.2, 0.25) is 0 Å². The lowest BCUT2D eigenvalue weighted by Gasteiger charge is -2.20. The van der Waals surface area contributed by atoms with Gasteiger partial charge in [0, 0.05) is 18.1 Å². The quantitative estimate of drug-likeness (QED) is 0.779. The number of amides is 1. The lowest BCUT2D eigenvalue weighted by Crippen LogP contribution is -2.37. The third-order valence-corrected chi connectivity index (χ3v) is 7.15. The van der Waals surface area contributed by atoms with Crippen LogP contribution in [0.25, 0.3) is 0 Å². The Balaban J connectivity index is 1.68. The van der Waals surface area contributed by atoms with Crippen molar-refractivity contribution in [2.24, 2.45) is 0 Å². The van der Waals surface area contributed by atoms with Crippen molar-refractivity contribution in [1.29, 1.82) is 0 Å². The van der Waals surface area contributed by atoms with Crippen LogP contribution < -0.4 is 4.74 Å². The van der Waals surface area contributed by atoms with Gasteiger partial charge in [-0.1, -0.05) is 41.9 Å². The van der Waals surface area contributed by atoms with Crippen molar-refractivity contribution in [1.82, 2.24) is 4.90 Å². The van der Waals surface area contributed by atoms with Crippen LogP contribution in [0.2, 0.25) is 5.02 Å². The van der Waals surface area contributed by atoms with Crippen molar-refractivity contribution >= 4 is 27.3 Å². The average Bonchev–Trinajstić information content (AvgIpc) is 2.78. The maximum atomic E-state index is 12.7. The maximum Gasteiger partial charge on any atom is 0.260 e. The molecule has 1 unspecified atom stereocenters. The summed E-state index contributed by atoms with van der Waals surface area (Å²) in [5, 5.41) is -0.254. The number of halogens is 1. The number of ether oxygens (including phenoxy) is 1. The third-order valence-electron chi connectivity index (χ3n) is 4.70. The van der Waals surface area contributed by atoms with Crippen LogP contribution in [0.4, 0.5) is 0 Å². The molecule has 1 amide bonds. The van der Waals surface area contributed by atoms with Crippen molar-refractivity contribution in [3.63, 3.8) is 0 Å². The van der Waals surface area contributed by atoms with E-state index in [1.807, 2.05) is 25.1 Å². The van der Waals surface area contributed by atoms with E-state index in [1.165, 1.54) is 0 Å². The van der Waals surface area contributed by atoms with Gasteiger partial charge in [0.15, 0.2) is 16.4 Å². The first-order chi connectivity index (χ1) is 12.9. The zero-order valence-corrected chi connectivity index (χ0v) is 16.7. The van der Waals surface area contributed by atoms with E-state index in [9.17, 15) is 13.2 Å². The Morgan fingerprint density at radius 3 is 2.70 bits per heavy atom. The predicted octanol–water partition coefficient (Wildman–Crippen LogP) is 3.42. The summed E-state index contributed by atoms with van der Waals surface area (Å²) in [7, 11) is -3.39. The summed E-state index contributed by atoms with van der Waals surface area (Å²) in [6, 6.07) is 14.4. The summed E-state index contributed by atoms with van der Waals surface area (Å²) in [5.41, 5.74) is 1.65. The molecule has 144 valence electrons. The van der Waals surface area contributed by atoms with Crippen LogP contribution in [0.15, 0.2) is 48.5 Å². The Morgan fingerprint density at radius 2 is 1.96 bits per heavy atom. The van der Waals surface area contributed by atoms with Gasteiger partial charge in [-0.15, -0.1) is 0 Å². The molecule has 0 bridgehead atoms. The molecule has 1 fully saturated rings. The Bertz CT molecular complexity index is 929. The molecule has 1 atom stereocenters. The minimum atomic E-state index is -3.39. The fourth-order valence-electron chi connectivity index (χ4n) is 3.22. The van der Waals surface area contributed by atoms with Crippen molar-refractivity contribution in [3.8, 4) is 5.75 Å². The number of nitrogens with zero attached hydrogens (tertiary/aromatic N) is 1. The van der Waals surface area contributed by atoms with Gasteiger partial charge >= 0.3 is 0 Å². The molecule has 0 aliphatic carbocycles. The van der Waals surface area contributed by atoms with Gasteiger partial charge in [-0.2, -0.15) is 0 Å². The molecule has 0 aromatic heterocycles. The first-order valence-electron chi connectivity index (χ1n) is 8.80. The summed E-state index contributed by atoms with van der Waals surface area (Å²) in [6.07, 6.45) is 0.322. The van der Waals surface area contributed by atoms with E-state index < -0.39 is 15.1 Å².